The van der Waals surface area contributed by atoms with Crippen LogP contribution in [0.5, 0.6) is 0 Å². The summed E-state index contributed by atoms with van der Waals surface area (Å²) in [7, 11) is 0. The van der Waals surface area contributed by atoms with Crippen molar-refractivity contribution < 1.29 is 32.6 Å². The molecule has 1 aromatic carbocycles. The SMILES string of the molecule is O=C(O)CCC(CNC(=O)OCc1ccccc1)CC(F)(F)F. The maximum atomic E-state index is 12.4. The van der Waals surface area contributed by atoms with Crippen LogP contribution in [-0.4, -0.2) is 29.9 Å². The fraction of sp³-hybridized carbons (Fsp3) is 0.467. The molecule has 0 aliphatic heterocycles. The Kier molecular flexibility index (Phi) is 7.37. The van der Waals surface area contributed by atoms with Gasteiger partial charge in [-0.05, 0) is 17.9 Å². The summed E-state index contributed by atoms with van der Waals surface area (Å²) in [6, 6.07) is 8.82. The van der Waals surface area contributed by atoms with Crippen molar-refractivity contribution in [2.45, 2.75) is 32.0 Å². The maximum absolute atomic E-state index is 12.4. The van der Waals surface area contributed by atoms with Crippen LogP contribution in [0.25, 0.3) is 0 Å². The number of alkyl carbamates (subject to hydrolysis) is 1. The number of hydrogen-bond acceptors (Lipinski definition) is 3. The zero-order chi connectivity index (χ0) is 17.3. The summed E-state index contributed by atoms with van der Waals surface area (Å²) in [5.41, 5.74) is 0.750. The molecule has 0 heterocycles. The summed E-state index contributed by atoms with van der Waals surface area (Å²) < 4.78 is 42.2. The van der Waals surface area contributed by atoms with Crippen LogP contribution in [0.4, 0.5) is 18.0 Å². The number of carboxylic acid groups (broad SMARTS) is 1. The average molecular weight is 333 g/mol. The minimum Gasteiger partial charge on any atom is -0.481 e. The molecule has 0 fully saturated rings. The Morgan fingerprint density at radius 2 is 1.87 bits per heavy atom. The van der Waals surface area contributed by atoms with Crippen molar-refractivity contribution >= 4 is 12.1 Å². The van der Waals surface area contributed by atoms with Crippen LogP contribution in [-0.2, 0) is 16.1 Å². The molecule has 8 heteroatoms. The van der Waals surface area contributed by atoms with Gasteiger partial charge in [0.1, 0.15) is 6.61 Å². The highest BCUT2D eigenvalue weighted by atomic mass is 19.4. The third-order valence-corrected chi connectivity index (χ3v) is 3.03. The van der Waals surface area contributed by atoms with E-state index in [0.29, 0.717) is 0 Å². The van der Waals surface area contributed by atoms with Crippen LogP contribution in [0.15, 0.2) is 30.3 Å². The minimum absolute atomic E-state index is 0.00569. The summed E-state index contributed by atoms with van der Waals surface area (Å²) in [4.78, 5) is 22.0. The number of nitrogens with one attached hydrogen (secondary N) is 1. The van der Waals surface area contributed by atoms with E-state index in [-0.39, 0.29) is 26.0 Å². The molecule has 128 valence electrons. The molecule has 1 amide bonds. The molecule has 2 N–H and O–H groups in total. The van der Waals surface area contributed by atoms with E-state index in [1.54, 1.807) is 30.3 Å². The molecule has 1 aromatic rings. The first-order valence-electron chi connectivity index (χ1n) is 6.99. The van der Waals surface area contributed by atoms with Crippen molar-refractivity contribution in [3.8, 4) is 0 Å². The number of aliphatic carboxylic acids is 1. The molecule has 5 nitrogen and oxygen atoms in total. The number of carbonyl (C=O) groups excluding carboxylic acids is 1. The topological polar surface area (TPSA) is 75.6 Å². The molecule has 1 rings (SSSR count). The second-order valence-electron chi connectivity index (χ2n) is 5.06. The van der Waals surface area contributed by atoms with Crippen molar-refractivity contribution in [3.63, 3.8) is 0 Å². The molecule has 0 radical (unpaired) electrons. The standard InChI is InChI=1S/C15H18F3NO4/c16-15(17,18)8-12(6-7-13(20)21)9-19-14(22)23-10-11-4-2-1-3-5-11/h1-5,12H,6-10H2,(H,19,22)(H,20,21). The van der Waals surface area contributed by atoms with Crippen LogP contribution in [0.2, 0.25) is 0 Å². The summed E-state index contributed by atoms with van der Waals surface area (Å²) in [5, 5.41) is 10.8. The van der Waals surface area contributed by atoms with Gasteiger partial charge < -0.3 is 15.2 Å². The molecule has 0 bridgehead atoms. The lowest BCUT2D eigenvalue weighted by atomic mass is 9.99. The molecule has 0 aromatic heterocycles. The highest BCUT2D eigenvalue weighted by Gasteiger charge is 2.32. The largest absolute Gasteiger partial charge is 0.481 e. The molecule has 23 heavy (non-hydrogen) atoms. The number of rotatable bonds is 8. The van der Waals surface area contributed by atoms with Crippen LogP contribution in [0, 0.1) is 5.92 Å². The zero-order valence-corrected chi connectivity index (χ0v) is 12.3. The monoisotopic (exact) mass is 333 g/mol. The van der Waals surface area contributed by atoms with Gasteiger partial charge in [-0.25, -0.2) is 4.79 Å². The first kappa shape index (κ1) is 18.8. The molecule has 0 saturated carbocycles. The number of alkyl halides is 3. The predicted octanol–water partition coefficient (Wildman–Crippen LogP) is 3.35. The van der Waals surface area contributed by atoms with Gasteiger partial charge in [-0.1, -0.05) is 30.3 Å². The normalized spacial score (nSPS) is 12.5. The Bertz CT molecular complexity index is 505. The van der Waals surface area contributed by atoms with E-state index in [1.807, 2.05) is 0 Å². The molecule has 1 atom stereocenters. The first-order valence-corrected chi connectivity index (χ1v) is 6.99. The molecule has 0 spiro atoms. The number of carboxylic acids is 1. The van der Waals surface area contributed by atoms with Crippen LogP contribution < -0.4 is 5.32 Å². The van der Waals surface area contributed by atoms with Gasteiger partial charge in [-0.15, -0.1) is 0 Å². The van der Waals surface area contributed by atoms with Crippen LogP contribution in [0.1, 0.15) is 24.8 Å². The lowest BCUT2D eigenvalue weighted by Crippen LogP contribution is -2.32. The van der Waals surface area contributed by atoms with E-state index >= 15 is 0 Å². The summed E-state index contributed by atoms with van der Waals surface area (Å²) in [6.45, 7) is -0.286. The molecular weight excluding hydrogens is 315 g/mol. The van der Waals surface area contributed by atoms with Gasteiger partial charge >= 0.3 is 18.2 Å². The highest BCUT2D eigenvalue weighted by Crippen LogP contribution is 2.27. The van der Waals surface area contributed by atoms with E-state index in [1.165, 1.54) is 0 Å². The number of hydrogen-bond donors (Lipinski definition) is 2. The number of benzene rings is 1. The fourth-order valence-corrected chi connectivity index (χ4v) is 1.93. The number of carbonyl (C=O) groups is 2. The maximum Gasteiger partial charge on any atom is 0.407 e. The van der Waals surface area contributed by atoms with Crippen molar-refractivity contribution in [1.82, 2.24) is 5.32 Å². The quantitative estimate of drug-likeness (QED) is 0.765. The van der Waals surface area contributed by atoms with Gasteiger partial charge in [0.15, 0.2) is 0 Å². The van der Waals surface area contributed by atoms with Crippen LogP contribution in [0.3, 0.4) is 0 Å². The van der Waals surface area contributed by atoms with E-state index in [9.17, 15) is 22.8 Å². The summed E-state index contributed by atoms with van der Waals surface area (Å²) >= 11 is 0. The molecular formula is C15H18F3NO4. The number of halogens is 3. The highest BCUT2D eigenvalue weighted by molar-refractivity contribution is 5.67. The summed E-state index contributed by atoms with van der Waals surface area (Å²) in [6.07, 6.45) is -6.97. The van der Waals surface area contributed by atoms with E-state index in [4.69, 9.17) is 9.84 Å². The van der Waals surface area contributed by atoms with Crippen molar-refractivity contribution in [2.24, 2.45) is 5.92 Å². The van der Waals surface area contributed by atoms with Gasteiger partial charge in [0.05, 0.1) is 0 Å². The van der Waals surface area contributed by atoms with Crippen molar-refractivity contribution in [1.29, 1.82) is 0 Å². The van der Waals surface area contributed by atoms with Crippen molar-refractivity contribution in [2.75, 3.05) is 6.54 Å². The van der Waals surface area contributed by atoms with Gasteiger partial charge in [-0.2, -0.15) is 13.2 Å². The Hall–Kier alpha value is -2.25. The van der Waals surface area contributed by atoms with E-state index in [2.05, 4.69) is 5.32 Å². The van der Waals surface area contributed by atoms with Gasteiger partial charge in [0, 0.05) is 19.4 Å². The van der Waals surface area contributed by atoms with Crippen LogP contribution >= 0.6 is 0 Å². The molecule has 0 saturated heterocycles. The lowest BCUT2D eigenvalue weighted by molar-refractivity contribution is -0.147. The van der Waals surface area contributed by atoms with E-state index < -0.39 is 30.6 Å². The Balaban J connectivity index is 2.39. The molecule has 1 unspecified atom stereocenters. The Morgan fingerprint density at radius 3 is 2.43 bits per heavy atom. The van der Waals surface area contributed by atoms with E-state index in [0.717, 1.165) is 5.56 Å². The average Bonchev–Trinajstić information content (AvgIpc) is 2.47. The van der Waals surface area contributed by atoms with Gasteiger partial charge in [0.25, 0.3) is 0 Å². The second kappa shape index (κ2) is 9.02. The number of ether oxygens (including phenoxy) is 1. The minimum atomic E-state index is -4.42. The third kappa shape index (κ3) is 9.38. The fourth-order valence-electron chi connectivity index (χ4n) is 1.93. The third-order valence-electron chi connectivity index (χ3n) is 3.03. The first-order chi connectivity index (χ1) is 10.8. The smallest absolute Gasteiger partial charge is 0.407 e. The number of amides is 1. The summed E-state index contributed by atoms with van der Waals surface area (Å²) in [5.74, 6) is -2.18. The molecule has 0 aliphatic rings. The zero-order valence-electron chi connectivity index (χ0n) is 12.3. The predicted molar refractivity (Wildman–Crippen MR) is 75.7 cm³/mol. The Morgan fingerprint density at radius 1 is 1.22 bits per heavy atom. The molecule has 0 aliphatic carbocycles. The van der Waals surface area contributed by atoms with Crippen molar-refractivity contribution in [3.05, 3.63) is 35.9 Å². The second-order valence-corrected chi connectivity index (χ2v) is 5.06. The Labute approximate surface area is 131 Å². The van der Waals surface area contributed by atoms with Gasteiger partial charge in [0.2, 0.25) is 0 Å². The van der Waals surface area contributed by atoms with Gasteiger partial charge in [-0.3, -0.25) is 4.79 Å². The lowest BCUT2D eigenvalue weighted by Gasteiger charge is -2.18.